The van der Waals surface area contributed by atoms with Crippen LogP contribution in [0, 0.1) is 0 Å². The second-order valence-corrected chi connectivity index (χ2v) is 3.38. The highest BCUT2D eigenvalue weighted by Gasteiger charge is 2.18. The molecule has 7 heteroatoms. The number of hydrazine groups is 1. The summed E-state index contributed by atoms with van der Waals surface area (Å²) in [6.45, 7) is 1.64. The fourth-order valence-corrected chi connectivity index (χ4v) is 1.02. The van der Waals surface area contributed by atoms with Crippen LogP contribution in [0.1, 0.15) is 17.4 Å². The van der Waals surface area contributed by atoms with Gasteiger partial charge in [-0.15, -0.1) is 0 Å². The predicted molar refractivity (Wildman–Crippen MR) is 58.5 cm³/mol. The molecule has 0 fully saturated rings. The molecule has 0 radical (unpaired) electrons. The fourth-order valence-electron chi connectivity index (χ4n) is 1.02. The predicted octanol–water partition coefficient (Wildman–Crippen LogP) is -0.785. The molecule has 16 heavy (non-hydrogen) atoms. The second-order valence-electron chi connectivity index (χ2n) is 3.38. The van der Waals surface area contributed by atoms with Crippen molar-refractivity contribution in [3.63, 3.8) is 0 Å². The van der Waals surface area contributed by atoms with E-state index in [2.05, 4.69) is 15.4 Å². The van der Waals surface area contributed by atoms with Gasteiger partial charge in [0.15, 0.2) is 5.82 Å². The Labute approximate surface area is 93.3 Å². The van der Waals surface area contributed by atoms with Gasteiger partial charge in [-0.3, -0.25) is 4.79 Å². The van der Waals surface area contributed by atoms with Gasteiger partial charge in [-0.2, -0.15) is 0 Å². The molecule has 1 atom stereocenters. The summed E-state index contributed by atoms with van der Waals surface area (Å²) < 4.78 is 0. The molecule has 4 N–H and O–H groups in total. The van der Waals surface area contributed by atoms with E-state index in [1.807, 2.05) is 0 Å². The molecule has 1 aromatic heterocycles. The number of aromatic nitrogens is 2. The molecule has 0 saturated carbocycles. The molecule has 7 nitrogen and oxygen atoms in total. The second kappa shape index (κ2) is 5.38. The Kier molecular flexibility index (Phi) is 4.15. The van der Waals surface area contributed by atoms with Crippen LogP contribution in [0.4, 0.5) is 5.82 Å². The summed E-state index contributed by atoms with van der Waals surface area (Å²) in [5.41, 5.74) is 2.53. The third kappa shape index (κ3) is 2.65. The molecule has 0 spiro atoms. The summed E-state index contributed by atoms with van der Waals surface area (Å²) >= 11 is 0. The lowest BCUT2D eigenvalue weighted by atomic mass is 10.3. The molecule has 1 amide bonds. The smallest absolute Gasteiger partial charge is 0.274 e. The van der Waals surface area contributed by atoms with Crippen molar-refractivity contribution in [1.82, 2.24) is 14.9 Å². The van der Waals surface area contributed by atoms with E-state index in [0.29, 0.717) is 5.82 Å². The van der Waals surface area contributed by atoms with Crippen molar-refractivity contribution in [2.45, 2.75) is 13.0 Å². The van der Waals surface area contributed by atoms with Crippen molar-refractivity contribution in [1.29, 1.82) is 0 Å². The molecule has 0 aliphatic carbocycles. The number of hydrogen-bond donors (Lipinski definition) is 3. The molecular formula is C9H15N5O2. The number of aliphatic hydroxyl groups excluding tert-OH is 1. The van der Waals surface area contributed by atoms with Crippen molar-refractivity contribution < 1.29 is 9.90 Å². The molecule has 0 saturated heterocycles. The zero-order valence-electron chi connectivity index (χ0n) is 9.21. The first-order chi connectivity index (χ1) is 7.60. The zero-order chi connectivity index (χ0) is 12.1. The molecule has 0 aromatic carbocycles. The van der Waals surface area contributed by atoms with Crippen LogP contribution in [0.3, 0.4) is 0 Å². The van der Waals surface area contributed by atoms with Gasteiger partial charge < -0.3 is 15.4 Å². The van der Waals surface area contributed by atoms with Gasteiger partial charge in [0.05, 0.1) is 25.0 Å². The van der Waals surface area contributed by atoms with Gasteiger partial charge in [0.2, 0.25) is 0 Å². The number of rotatable bonds is 4. The first kappa shape index (κ1) is 12.3. The van der Waals surface area contributed by atoms with Crippen LogP contribution < -0.4 is 11.3 Å². The summed E-state index contributed by atoms with van der Waals surface area (Å²) in [5.74, 6) is 5.21. The number of nitrogens with zero attached hydrogens (tertiary/aromatic N) is 3. The van der Waals surface area contributed by atoms with Gasteiger partial charge in [0.25, 0.3) is 5.91 Å². The Balaban J connectivity index is 2.80. The fraction of sp³-hybridized carbons (Fsp3) is 0.444. The highest BCUT2D eigenvalue weighted by atomic mass is 16.3. The maximum absolute atomic E-state index is 11.8. The first-order valence-electron chi connectivity index (χ1n) is 4.76. The minimum atomic E-state index is -0.294. The van der Waals surface area contributed by atoms with Crippen molar-refractivity contribution >= 4 is 11.7 Å². The first-order valence-corrected chi connectivity index (χ1v) is 4.76. The van der Waals surface area contributed by atoms with E-state index in [0.717, 1.165) is 0 Å². The Hall–Kier alpha value is -1.73. The quantitative estimate of drug-likeness (QED) is 0.458. The summed E-state index contributed by atoms with van der Waals surface area (Å²) in [6, 6.07) is -0.262. The number of nitrogens with one attached hydrogen (secondary N) is 1. The number of carbonyl (C=O) groups is 1. The van der Waals surface area contributed by atoms with E-state index >= 15 is 0 Å². The number of anilines is 1. The minimum absolute atomic E-state index is 0.0991. The summed E-state index contributed by atoms with van der Waals surface area (Å²) in [4.78, 5) is 21.0. The van der Waals surface area contributed by atoms with Crippen LogP contribution in [-0.2, 0) is 0 Å². The molecule has 0 aliphatic rings. The highest BCUT2D eigenvalue weighted by Crippen LogP contribution is 2.04. The van der Waals surface area contributed by atoms with Crippen LogP contribution >= 0.6 is 0 Å². The zero-order valence-corrected chi connectivity index (χ0v) is 9.21. The number of hydrogen-bond acceptors (Lipinski definition) is 6. The van der Waals surface area contributed by atoms with E-state index in [1.54, 1.807) is 14.0 Å². The maximum Gasteiger partial charge on any atom is 0.274 e. The molecule has 1 aromatic rings. The lowest BCUT2D eigenvalue weighted by Gasteiger charge is -2.22. The number of carbonyl (C=O) groups excluding carboxylic acids is 1. The Morgan fingerprint density at radius 3 is 2.75 bits per heavy atom. The van der Waals surface area contributed by atoms with Crippen molar-refractivity contribution in [2.75, 3.05) is 19.1 Å². The van der Waals surface area contributed by atoms with Crippen molar-refractivity contribution in [3.05, 3.63) is 18.1 Å². The third-order valence-electron chi connectivity index (χ3n) is 2.26. The number of likely N-dealkylation sites (N-methyl/N-ethyl adjacent to an activating group) is 1. The van der Waals surface area contributed by atoms with E-state index in [9.17, 15) is 4.79 Å². The molecule has 0 aliphatic heterocycles. The van der Waals surface area contributed by atoms with Gasteiger partial charge in [0, 0.05) is 7.05 Å². The van der Waals surface area contributed by atoms with E-state index in [-0.39, 0.29) is 24.2 Å². The third-order valence-corrected chi connectivity index (χ3v) is 2.26. The number of aliphatic hydroxyl groups is 1. The summed E-state index contributed by atoms with van der Waals surface area (Å²) in [6.07, 6.45) is 2.70. The topological polar surface area (TPSA) is 104 Å². The molecule has 1 rings (SSSR count). The monoisotopic (exact) mass is 225 g/mol. The van der Waals surface area contributed by atoms with Crippen LogP contribution in [-0.4, -0.2) is 45.6 Å². The largest absolute Gasteiger partial charge is 0.394 e. The van der Waals surface area contributed by atoms with Gasteiger partial charge in [-0.1, -0.05) is 0 Å². The van der Waals surface area contributed by atoms with Crippen molar-refractivity contribution in [3.8, 4) is 0 Å². The molecule has 0 bridgehead atoms. The lowest BCUT2D eigenvalue weighted by molar-refractivity contribution is 0.0676. The SMILES string of the molecule is CC(CO)N(C)C(=O)c1cnc(NN)cn1. The van der Waals surface area contributed by atoms with Crippen LogP contribution in [0.2, 0.25) is 0 Å². The van der Waals surface area contributed by atoms with Gasteiger partial charge >= 0.3 is 0 Å². The summed E-state index contributed by atoms with van der Waals surface area (Å²) in [7, 11) is 1.60. The number of amides is 1. The highest BCUT2D eigenvalue weighted by molar-refractivity contribution is 5.92. The maximum atomic E-state index is 11.8. The van der Waals surface area contributed by atoms with Gasteiger partial charge in [-0.05, 0) is 6.92 Å². The summed E-state index contributed by atoms with van der Waals surface area (Å²) in [5, 5.41) is 8.93. The number of nitrogens with two attached hydrogens (primary N) is 1. The standard InChI is InChI=1S/C9H15N5O2/c1-6(5-15)14(2)9(16)7-3-12-8(13-10)4-11-7/h3-4,6,15H,5,10H2,1-2H3,(H,12,13). The molecule has 88 valence electrons. The van der Waals surface area contributed by atoms with Crippen LogP contribution in [0.25, 0.3) is 0 Å². The normalized spacial score (nSPS) is 12.0. The molecular weight excluding hydrogens is 210 g/mol. The Bertz CT molecular complexity index is 353. The van der Waals surface area contributed by atoms with Crippen LogP contribution in [0.5, 0.6) is 0 Å². The number of nitrogen functional groups attached to an aromatic ring is 1. The van der Waals surface area contributed by atoms with Crippen LogP contribution in [0.15, 0.2) is 12.4 Å². The van der Waals surface area contributed by atoms with Gasteiger partial charge in [-0.25, -0.2) is 15.8 Å². The van der Waals surface area contributed by atoms with E-state index in [1.165, 1.54) is 17.3 Å². The van der Waals surface area contributed by atoms with Crippen molar-refractivity contribution in [2.24, 2.45) is 5.84 Å². The minimum Gasteiger partial charge on any atom is -0.394 e. The van der Waals surface area contributed by atoms with E-state index in [4.69, 9.17) is 10.9 Å². The Morgan fingerprint density at radius 1 is 1.62 bits per heavy atom. The average molecular weight is 225 g/mol. The van der Waals surface area contributed by atoms with Gasteiger partial charge in [0.1, 0.15) is 5.69 Å². The molecule has 1 heterocycles. The lowest BCUT2D eigenvalue weighted by Crippen LogP contribution is -2.37. The Morgan fingerprint density at radius 2 is 2.31 bits per heavy atom. The van der Waals surface area contributed by atoms with E-state index < -0.39 is 0 Å². The molecule has 1 unspecified atom stereocenters. The average Bonchev–Trinajstić information content (AvgIpc) is 2.36.